The van der Waals surface area contributed by atoms with Crippen molar-refractivity contribution in [1.82, 2.24) is 0 Å². The molecule has 0 aromatic heterocycles. The lowest BCUT2D eigenvalue weighted by molar-refractivity contribution is -0.144. The van der Waals surface area contributed by atoms with Crippen LogP contribution in [0.4, 0.5) is 0 Å². The van der Waals surface area contributed by atoms with Crippen LogP contribution < -0.4 is 0 Å². The summed E-state index contributed by atoms with van der Waals surface area (Å²) in [4.78, 5) is 11.4. The van der Waals surface area contributed by atoms with Crippen molar-refractivity contribution in [2.24, 2.45) is 17.3 Å². The van der Waals surface area contributed by atoms with Gasteiger partial charge in [-0.2, -0.15) is 0 Å². The van der Waals surface area contributed by atoms with E-state index in [-0.39, 0.29) is 11.4 Å². The highest BCUT2D eigenvalue weighted by atomic mass is 16.5. The second-order valence-corrected chi connectivity index (χ2v) is 5.65. The number of rotatable bonds is 4. The van der Waals surface area contributed by atoms with Crippen LogP contribution in [0, 0.1) is 17.3 Å². The Bertz CT molecular complexity index is 308. The van der Waals surface area contributed by atoms with E-state index in [1.807, 2.05) is 0 Å². The molecule has 3 atom stereocenters. The van der Waals surface area contributed by atoms with Gasteiger partial charge < -0.3 is 4.74 Å². The molecule has 2 aliphatic rings. The van der Waals surface area contributed by atoms with E-state index in [1.165, 1.54) is 25.7 Å². The van der Waals surface area contributed by atoms with Crippen LogP contribution in [0.5, 0.6) is 0 Å². The summed E-state index contributed by atoms with van der Waals surface area (Å²) in [6.45, 7) is 8.17. The van der Waals surface area contributed by atoms with Gasteiger partial charge >= 0.3 is 5.97 Å². The summed E-state index contributed by atoms with van der Waals surface area (Å²) in [5.41, 5.74) is 0.794. The molecule has 0 aliphatic heterocycles. The van der Waals surface area contributed by atoms with Gasteiger partial charge in [-0.15, -0.1) is 0 Å². The summed E-state index contributed by atoms with van der Waals surface area (Å²) in [7, 11) is 0. The van der Waals surface area contributed by atoms with Crippen LogP contribution in [-0.2, 0) is 9.53 Å². The van der Waals surface area contributed by atoms with Crippen LogP contribution in [0.3, 0.4) is 0 Å². The lowest BCUT2D eigenvalue weighted by Crippen LogP contribution is -2.33. The fourth-order valence-electron chi connectivity index (χ4n) is 3.60. The van der Waals surface area contributed by atoms with Crippen LogP contribution in [0.25, 0.3) is 0 Å². The fraction of sp³-hybridized carbons (Fsp3) is 0.786. The molecule has 2 bridgehead atoms. The topological polar surface area (TPSA) is 26.3 Å². The minimum Gasteiger partial charge on any atom is -0.462 e. The van der Waals surface area contributed by atoms with Crippen LogP contribution in [0.15, 0.2) is 12.2 Å². The highest BCUT2D eigenvalue weighted by Crippen LogP contribution is 2.57. The maximum Gasteiger partial charge on any atom is 0.333 e. The van der Waals surface area contributed by atoms with Gasteiger partial charge in [-0.3, -0.25) is 0 Å². The molecule has 0 heterocycles. The number of esters is 1. The Morgan fingerprint density at radius 1 is 1.50 bits per heavy atom. The molecular weight excluding hydrogens is 200 g/mol. The van der Waals surface area contributed by atoms with E-state index in [2.05, 4.69) is 13.5 Å². The van der Waals surface area contributed by atoms with E-state index in [9.17, 15) is 4.79 Å². The summed E-state index contributed by atoms with van der Waals surface area (Å²) in [6.07, 6.45) is 6.48. The standard InChI is InChI=1S/C14H22O2/c1-4-14(9-16-13(15)10(2)3)8-11-5-6-12(14)7-11/h11-12H,2,4-9H2,1,3H3. The second kappa shape index (κ2) is 4.23. The molecule has 2 nitrogen and oxygen atoms in total. The van der Waals surface area contributed by atoms with E-state index >= 15 is 0 Å². The van der Waals surface area contributed by atoms with Gasteiger partial charge in [0.2, 0.25) is 0 Å². The highest BCUT2D eigenvalue weighted by molar-refractivity contribution is 5.86. The van der Waals surface area contributed by atoms with Crippen LogP contribution in [-0.4, -0.2) is 12.6 Å². The number of fused-ring (bicyclic) bond motifs is 2. The second-order valence-electron chi connectivity index (χ2n) is 5.65. The number of hydrogen-bond acceptors (Lipinski definition) is 2. The molecule has 0 amide bonds. The Balaban J connectivity index is 1.96. The maximum atomic E-state index is 11.4. The Morgan fingerprint density at radius 3 is 2.69 bits per heavy atom. The highest BCUT2D eigenvalue weighted by Gasteiger charge is 2.50. The van der Waals surface area contributed by atoms with Crippen molar-refractivity contribution in [2.75, 3.05) is 6.61 Å². The third-order valence-electron chi connectivity index (χ3n) is 4.65. The molecule has 16 heavy (non-hydrogen) atoms. The van der Waals surface area contributed by atoms with Gasteiger partial charge in [0.1, 0.15) is 0 Å². The zero-order valence-electron chi connectivity index (χ0n) is 10.4. The number of hydrogen-bond donors (Lipinski definition) is 0. The van der Waals surface area contributed by atoms with Gasteiger partial charge in [0.05, 0.1) is 6.61 Å². The van der Waals surface area contributed by atoms with E-state index in [1.54, 1.807) is 6.92 Å². The Kier molecular flexibility index (Phi) is 3.09. The average Bonchev–Trinajstić information content (AvgIpc) is 2.85. The van der Waals surface area contributed by atoms with Gasteiger partial charge in [0.15, 0.2) is 0 Å². The van der Waals surface area contributed by atoms with E-state index in [4.69, 9.17) is 4.74 Å². The van der Waals surface area contributed by atoms with Crippen molar-refractivity contribution in [1.29, 1.82) is 0 Å². The molecule has 0 spiro atoms. The Hall–Kier alpha value is -0.790. The van der Waals surface area contributed by atoms with Gasteiger partial charge in [-0.05, 0) is 44.4 Å². The first-order valence-corrected chi connectivity index (χ1v) is 6.40. The first-order valence-electron chi connectivity index (χ1n) is 6.40. The van der Waals surface area contributed by atoms with Gasteiger partial charge in [0, 0.05) is 11.0 Å². The smallest absolute Gasteiger partial charge is 0.333 e. The largest absolute Gasteiger partial charge is 0.462 e. The predicted molar refractivity (Wildman–Crippen MR) is 63.9 cm³/mol. The third kappa shape index (κ3) is 1.90. The lowest BCUT2D eigenvalue weighted by Gasteiger charge is -2.36. The molecule has 2 saturated carbocycles. The number of carbonyl (C=O) groups excluding carboxylic acids is 1. The fourth-order valence-corrected chi connectivity index (χ4v) is 3.60. The average molecular weight is 222 g/mol. The molecule has 90 valence electrons. The molecule has 0 aromatic rings. The predicted octanol–water partition coefficient (Wildman–Crippen LogP) is 3.32. The van der Waals surface area contributed by atoms with E-state index in [0.29, 0.717) is 12.2 Å². The minimum absolute atomic E-state index is 0.226. The van der Waals surface area contributed by atoms with Gasteiger partial charge in [-0.25, -0.2) is 4.79 Å². The van der Waals surface area contributed by atoms with Crippen molar-refractivity contribution >= 4 is 5.97 Å². The quantitative estimate of drug-likeness (QED) is 0.539. The molecule has 2 rings (SSSR count). The zero-order valence-corrected chi connectivity index (χ0v) is 10.4. The van der Waals surface area contributed by atoms with E-state index in [0.717, 1.165) is 18.3 Å². The SMILES string of the molecule is C=C(C)C(=O)OCC1(CC)CC2CCC1C2. The molecule has 2 heteroatoms. The number of carbonyl (C=O) groups is 1. The van der Waals surface area contributed by atoms with Gasteiger partial charge in [-0.1, -0.05) is 19.9 Å². The summed E-state index contributed by atoms with van der Waals surface area (Å²) < 4.78 is 5.40. The lowest BCUT2D eigenvalue weighted by atomic mass is 9.72. The molecule has 2 aliphatic carbocycles. The Labute approximate surface area is 98.1 Å². The van der Waals surface area contributed by atoms with Crippen molar-refractivity contribution in [3.8, 4) is 0 Å². The van der Waals surface area contributed by atoms with Crippen molar-refractivity contribution in [2.45, 2.75) is 46.0 Å². The monoisotopic (exact) mass is 222 g/mol. The van der Waals surface area contributed by atoms with Gasteiger partial charge in [0.25, 0.3) is 0 Å². The van der Waals surface area contributed by atoms with Crippen molar-refractivity contribution in [3.05, 3.63) is 12.2 Å². The summed E-state index contributed by atoms with van der Waals surface area (Å²) >= 11 is 0. The number of ether oxygens (including phenoxy) is 1. The first-order chi connectivity index (χ1) is 7.57. The van der Waals surface area contributed by atoms with Crippen molar-refractivity contribution in [3.63, 3.8) is 0 Å². The molecule has 0 radical (unpaired) electrons. The maximum absolute atomic E-state index is 11.4. The third-order valence-corrected chi connectivity index (χ3v) is 4.65. The molecule has 0 N–H and O–H groups in total. The molecule has 0 aromatic carbocycles. The molecular formula is C14H22O2. The molecule has 0 saturated heterocycles. The van der Waals surface area contributed by atoms with Crippen LogP contribution in [0.2, 0.25) is 0 Å². The zero-order chi connectivity index (χ0) is 11.8. The Morgan fingerprint density at radius 2 is 2.25 bits per heavy atom. The first kappa shape index (κ1) is 11.7. The van der Waals surface area contributed by atoms with Crippen LogP contribution >= 0.6 is 0 Å². The van der Waals surface area contributed by atoms with Crippen molar-refractivity contribution < 1.29 is 9.53 Å². The van der Waals surface area contributed by atoms with Crippen LogP contribution in [0.1, 0.15) is 46.0 Å². The van der Waals surface area contributed by atoms with E-state index < -0.39 is 0 Å². The molecule has 3 unspecified atom stereocenters. The summed E-state index contributed by atoms with van der Waals surface area (Å²) in [5, 5.41) is 0. The normalized spacial score (nSPS) is 36.4. The summed E-state index contributed by atoms with van der Waals surface area (Å²) in [5.74, 6) is 1.46. The molecule has 2 fully saturated rings. The minimum atomic E-state index is -0.226. The summed E-state index contributed by atoms with van der Waals surface area (Å²) in [6, 6.07) is 0.